The van der Waals surface area contributed by atoms with Gasteiger partial charge in [-0.3, -0.25) is 0 Å². The molecule has 0 aromatic heterocycles. The Morgan fingerprint density at radius 2 is 1.95 bits per heavy atom. The Hall–Kier alpha value is -0.700. The monoisotopic (exact) mass is 324 g/mol. The minimum Gasteiger partial charge on any atom is -0.489 e. The fourth-order valence-corrected chi connectivity index (χ4v) is 3.43. The van der Waals surface area contributed by atoms with Gasteiger partial charge in [-0.2, -0.15) is 0 Å². The van der Waals surface area contributed by atoms with Gasteiger partial charge in [-0.1, -0.05) is 48.2 Å². The summed E-state index contributed by atoms with van der Waals surface area (Å²) in [5.41, 5.74) is 1.31. The Morgan fingerprint density at radius 1 is 1.21 bits per heavy atom. The fraction of sp³-hybridized carbons (Fsp3) is 0.625. The molecular formula is C16H21BrO2. The first-order chi connectivity index (χ1) is 9.22. The number of fused-ring (bicyclic) bond motifs is 1. The van der Waals surface area contributed by atoms with Crippen molar-refractivity contribution in [2.24, 2.45) is 11.8 Å². The largest absolute Gasteiger partial charge is 0.489 e. The van der Waals surface area contributed by atoms with E-state index in [0.717, 1.165) is 30.6 Å². The number of ether oxygens (including phenoxy) is 2. The summed E-state index contributed by atoms with van der Waals surface area (Å²) in [4.78, 5) is 0.437. The van der Waals surface area contributed by atoms with Crippen molar-refractivity contribution >= 4 is 15.9 Å². The van der Waals surface area contributed by atoms with Crippen LogP contribution in [0.4, 0.5) is 0 Å². The lowest BCUT2D eigenvalue weighted by atomic mass is 9.81. The SMILES string of the molecule is CC1COc2ccc(C(Br)CC3CCC3)cc2OC1. The predicted molar refractivity (Wildman–Crippen MR) is 80.2 cm³/mol. The third-order valence-corrected chi connectivity index (χ3v) is 5.04. The third-order valence-electron chi connectivity index (χ3n) is 4.14. The average molecular weight is 325 g/mol. The van der Waals surface area contributed by atoms with Crippen LogP contribution in [0.3, 0.4) is 0 Å². The molecule has 1 aliphatic heterocycles. The minimum absolute atomic E-state index is 0.437. The third kappa shape index (κ3) is 3.07. The highest BCUT2D eigenvalue weighted by Crippen LogP contribution is 2.41. The summed E-state index contributed by atoms with van der Waals surface area (Å²) >= 11 is 3.82. The van der Waals surface area contributed by atoms with Crippen molar-refractivity contribution in [2.75, 3.05) is 13.2 Å². The molecule has 2 aliphatic rings. The molecule has 1 fully saturated rings. The molecule has 2 unspecified atom stereocenters. The first kappa shape index (κ1) is 13.3. The molecule has 1 saturated carbocycles. The van der Waals surface area contributed by atoms with Crippen molar-refractivity contribution in [2.45, 2.75) is 37.4 Å². The van der Waals surface area contributed by atoms with Crippen LogP contribution in [-0.2, 0) is 0 Å². The second-order valence-corrected chi connectivity index (χ2v) is 7.04. The highest BCUT2D eigenvalue weighted by molar-refractivity contribution is 9.09. The fourth-order valence-electron chi connectivity index (χ4n) is 2.62. The highest BCUT2D eigenvalue weighted by atomic mass is 79.9. The molecule has 0 bridgehead atoms. The molecule has 2 atom stereocenters. The molecule has 0 radical (unpaired) electrons. The number of hydrogen-bond donors (Lipinski definition) is 0. The van der Waals surface area contributed by atoms with Crippen LogP contribution in [0.25, 0.3) is 0 Å². The smallest absolute Gasteiger partial charge is 0.161 e. The lowest BCUT2D eigenvalue weighted by Crippen LogP contribution is -2.12. The van der Waals surface area contributed by atoms with Gasteiger partial charge in [-0.25, -0.2) is 0 Å². The van der Waals surface area contributed by atoms with Gasteiger partial charge in [0, 0.05) is 10.7 Å². The zero-order valence-electron chi connectivity index (χ0n) is 11.4. The first-order valence-corrected chi connectivity index (χ1v) is 8.17. The maximum Gasteiger partial charge on any atom is 0.161 e. The highest BCUT2D eigenvalue weighted by Gasteiger charge is 2.23. The van der Waals surface area contributed by atoms with E-state index in [1.165, 1.54) is 31.2 Å². The van der Waals surface area contributed by atoms with Crippen molar-refractivity contribution < 1.29 is 9.47 Å². The van der Waals surface area contributed by atoms with Gasteiger partial charge in [-0.15, -0.1) is 0 Å². The van der Waals surface area contributed by atoms with E-state index in [1.54, 1.807) is 0 Å². The number of hydrogen-bond acceptors (Lipinski definition) is 2. The first-order valence-electron chi connectivity index (χ1n) is 7.26. The van der Waals surface area contributed by atoms with E-state index < -0.39 is 0 Å². The van der Waals surface area contributed by atoms with E-state index in [2.05, 4.69) is 41.1 Å². The van der Waals surface area contributed by atoms with Gasteiger partial charge in [0.05, 0.1) is 13.2 Å². The van der Waals surface area contributed by atoms with Gasteiger partial charge in [0.1, 0.15) is 0 Å². The molecule has 2 nitrogen and oxygen atoms in total. The number of halogens is 1. The molecular weight excluding hydrogens is 304 g/mol. The van der Waals surface area contributed by atoms with E-state index in [9.17, 15) is 0 Å². The summed E-state index contributed by atoms with van der Waals surface area (Å²) in [5, 5.41) is 0. The molecule has 0 N–H and O–H groups in total. The van der Waals surface area contributed by atoms with Gasteiger partial charge >= 0.3 is 0 Å². The zero-order valence-corrected chi connectivity index (χ0v) is 13.0. The molecule has 1 aromatic carbocycles. The van der Waals surface area contributed by atoms with E-state index in [1.807, 2.05) is 0 Å². The molecule has 0 spiro atoms. The van der Waals surface area contributed by atoms with Crippen molar-refractivity contribution in [1.82, 2.24) is 0 Å². The molecule has 0 saturated heterocycles. The van der Waals surface area contributed by atoms with Crippen LogP contribution in [0, 0.1) is 11.8 Å². The Kier molecular flexibility index (Phi) is 4.01. The Balaban J connectivity index is 1.72. The van der Waals surface area contributed by atoms with E-state index in [-0.39, 0.29) is 0 Å². The van der Waals surface area contributed by atoms with Crippen LogP contribution in [-0.4, -0.2) is 13.2 Å². The molecule has 3 rings (SSSR count). The minimum atomic E-state index is 0.437. The molecule has 104 valence electrons. The van der Waals surface area contributed by atoms with Crippen molar-refractivity contribution in [3.8, 4) is 11.5 Å². The van der Waals surface area contributed by atoms with Crippen LogP contribution < -0.4 is 9.47 Å². The molecule has 19 heavy (non-hydrogen) atoms. The van der Waals surface area contributed by atoms with Crippen LogP contribution >= 0.6 is 15.9 Å². The molecule has 1 heterocycles. The van der Waals surface area contributed by atoms with E-state index in [4.69, 9.17) is 9.47 Å². The zero-order chi connectivity index (χ0) is 13.2. The maximum atomic E-state index is 5.85. The summed E-state index contributed by atoms with van der Waals surface area (Å²) in [7, 11) is 0. The van der Waals surface area contributed by atoms with E-state index in [0.29, 0.717) is 10.7 Å². The van der Waals surface area contributed by atoms with Crippen LogP contribution in [0.15, 0.2) is 18.2 Å². The Bertz CT molecular complexity index is 442. The Morgan fingerprint density at radius 3 is 2.63 bits per heavy atom. The van der Waals surface area contributed by atoms with Crippen LogP contribution in [0.2, 0.25) is 0 Å². The predicted octanol–water partition coefficient (Wildman–Crippen LogP) is 4.72. The average Bonchev–Trinajstić information content (AvgIpc) is 2.55. The normalized spacial score (nSPS) is 24.4. The van der Waals surface area contributed by atoms with E-state index >= 15 is 0 Å². The van der Waals surface area contributed by atoms with Gasteiger partial charge in [0.25, 0.3) is 0 Å². The lowest BCUT2D eigenvalue weighted by molar-refractivity contribution is 0.228. The summed E-state index contributed by atoms with van der Waals surface area (Å²) in [6.45, 7) is 3.63. The van der Waals surface area contributed by atoms with Crippen LogP contribution in [0.5, 0.6) is 11.5 Å². The molecule has 1 aromatic rings. The number of rotatable bonds is 3. The number of alkyl halides is 1. The second-order valence-electron chi connectivity index (χ2n) is 5.93. The van der Waals surface area contributed by atoms with Crippen molar-refractivity contribution in [3.05, 3.63) is 23.8 Å². The van der Waals surface area contributed by atoms with Gasteiger partial charge in [0.2, 0.25) is 0 Å². The van der Waals surface area contributed by atoms with Gasteiger partial charge in [0.15, 0.2) is 11.5 Å². The topological polar surface area (TPSA) is 18.5 Å². The lowest BCUT2D eigenvalue weighted by Gasteiger charge is -2.27. The maximum absolute atomic E-state index is 5.85. The van der Waals surface area contributed by atoms with Crippen LogP contribution in [0.1, 0.15) is 43.0 Å². The second kappa shape index (κ2) is 5.74. The molecule has 3 heteroatoms. The standard InChI is InChI=1S/C16H21BrO2/c1-11-9-18-15-6-5-13(8-16(15)19-10-11)14(17)7-12-3-2-4-12/h5-6,8,11-12,14H,2-4,7,9-10H2,1H3. The summed E-state index contributed by atoms with van der Waals surface area (Å²) < 4.78 is 11.6. The molecule has 0 amide bonds. The summed E-state index contributed by atoms with van der Waals surface area (Å²) in [5.74, 6) is 3.14. The van der Waals surface area contributed by atoms with Gasteiger partial charge < -0.3 is 9.47 Å². The quantitative estimate of drug-likeness (QED) is 0.749. The molecule has 1 aliphatic carbocycles. The van der Waals surface area contributed by atoms with Gasteiger partial charge in [-0.05, 0) is 30.0 Å². The summed E-state index contributed by atoms with van der Waals surface area (Å²) in [6.07, 6.45) is 5.42. The number of benzene rings is 1. The van der Waals surface area contributed by atoms with Crippen molar-refractivity contribution in [3.63, 3.8) is 0 Å². The van der Waals surface area contributed by atoms with Crippen molar-refractivity contribution in [1.29, 1.82) is 0 Å². The Labute approximate surface area is 123 Å². The summed E-state index contributed by atoms with van der Waals surface area (Å²) in [6, 6.07) is 6.36.